The standard InChI is InChI=1S/C15H28N2O3/c1-15(2,3)20-14(18)17-13-5-4-12(10-13)16-11-6-8-19-9-7-11/h11-13,16H,4-10H2,1-3H3,(H,17,18). The van der Waals surface area contributed by atoms with Crippen LogP contribution in [0.25, 0.3) is 0 Å². The van der Waals surface area contributed by atoms with Crippen molar-refractivity contribution in [2.24, 2.45) is 0 Å². The summed E-state index contributed by atoms with van der Waals surface area (Å²) in [7, 11) is 0. The Balaban J connectivity index is 1.68. The second-order valence-corrected chi connectivity index (χ2v) is 6.91. The molecule has 0 spiro atoms. The molecule has 5 nitrogen and oxygen atoms in total. The highest BCUT2D eigenvalue weighted by molar-refractivity contribution is 5.68. The van der Waals surface area contributed by atoms with Crippen molar-refractivity contribution >= 4 is 6.09 Å². The van der Waals surface area contributed by atoms with Gasteiger partial charge in [0.1, 0.15) is 5.60 Å². The topological polar surface area (TPSA) is 59.6 Å². The van der Waals surface area contributed by atoms with Gasteiger partial charge in [0, 0.05) is 31.3 Å². The molecule has 2 aliphatic rings. The second kappa shape index (κ2) is 6.76. The van der Waals surface area contributed by atoms with Crippen LogP contribution in [0.4, 0.5) is 4.79 Å². The molecule has 5 heteroatoms. The van der Waals surface area contributed by atoms with Crippen LogP contribution in [0.15, 0.2) is 0 Å². The quantitative estimate of drug-likeness (QED) is 0.834. The number of rotatable bonds is 3. The Hall–Kier alpha value is -0.810. The highest BCUT2D eigenvalue weighted by atomic mass is 16.6. The van der Waals surface area contributed by atoms with E-state index >= 15 is 0 Å². The van der Waals surface area contributed by atoms with Gasteiger partial charge in [0.25, 0.3) is 0 Å². The van der Waals surface area contributed by atoms with Gasteiger partial charge >= 0.3 is 6.09 Å². The predicted octanol–water partition coefficient (Wildman–Crippen LogP) is 2.20. The van der Waals surface area contributed by atoms with E-state index in [4.69, 9.17) is 9.47 Å². The first-order valence-corrected chi connectivity index (χ1v) is 7.76. The van der Waals surface area contributed by atoms with Crippen LogP contribution >= 0.6 is 0 Å². The van der Waals surface area contributed by atoms with E-state index in [1.54, 1.807) is 0 Å². The lowest BCUT2D eigenvalue weighted by Gasteiger charge is -2.26. The van der Waals surface area contributed by atoms with Crippen LogP contribution in [0.1, 0.15) is 52.9 Å². The number of ether oxygens (including phenoxy) is 2. The van der Waals surface area contributed by atoms with E-state index in [-0.39, 0.29) is 12.1 Å². The SMILES string of the molecule is CC(C)(C)OC(=O)NC1CCC(NC2CCOCC2)C1. The van der Waals surface area contributed by atoms with Gasteiger partial charge in [-0.1, -0.05) is 0 Å². The molecule has 1 aliphatic heterocycles. The Labute approximate surface area is 121 Å². The number of carbonyl (C=O) groups is 1. The molecule has 0 radical (unpaired) electrons. The van der Waals surface area contributed by atoms with Gasteiger partial charge in [0.2, 0.25) is 0 Å². The molecule has 1 aliphatic carbocycles. The molecule has 0 bridgehead atoms. The van der Waals surface area contributed by atoms with Crippen molar-refractivity contribution in [1.29, 1.82) is 0 Å². The fraction of sp³-hybridized carbons (Fsp3) is 0.933. The first-order chi connectivity index (χ1) is 9.42. The zero-order valence-electron chi connectivity index (χ0n) is 12.9. The van der Waals surface area contributed by atoms with Crippen molar-refractivity contribution in [2.45, 2.75) is 76.6 Å². The Kier molecular flexibility index (Phi) is 5.27. The van der Waals surface area contributed by atoms with Crippen molar-refractivity contribution in [3.05, 3.63) is 0 Å². The minimum atomic E-state index is -0.428. The lowest BCUT2D eigenvalue weighted by Crippen LogP contribution is -2.42. The Morgan fingerprint density at radius 1 is 1.05 bits per heavy atom. The van der Waals surface area contributed by atoms with Crippen LogP contribution in [-0.4, -0.2) is 43.0 Å². The summed E-state index contributed by atoms with van der Waals surface area (Å²) in [5.41, 5.74) is -0.428. The summed E-state index contributed by atoms with van der Waals surface area (Å²) in [6, 6.07) is 1.33. The lowest BCUT2D eigenvalue weighted by atomic mass is 10.1. The molecule has 116 valence electrons. The molecule has 2 atom stereocenters. The molecule has 1 heterocycles. The molecule has 2 N–H and O–H groups in total. The summed E-state index contributed by atoms with van der Waals surface area (Å²) >= 11 is 0. The Morgan fingerprint density at radius 2 is 1.70 bits per heavy atom. The summed E-state index contributed by atoms with van der Waals surface area (Å²) in [4.78, 5) is 11.7. The van der Waals surface area contributed by atoms with Gasteiger partial charge in [-0.3, -0.25) is 0 Å². The fourth-order valence-electron chi connectivity index (χ4n) is 2.94. The normalized spacial score (nSPS) is 28.4. The van der Waals surface area contributed by atoms with Gasteiger partial charge in [-0.2, -0.15) is 0 Å². The van der Waals surface area contributed by atoms with Gasteiger partial charge in [0.05, 0.1) is 0 Å². The van der Waals surface area contributed by atoms with Gasteiger partial charge in [-0.15, -0.1) is 0 Å². The summed E-state index contributed by atoms with van der Waals surface area (Å²) < 4.78 is 10.7. The highest BCUT2D eigenvalue weighted by Crippen LogP contribution is 2.21. The number of nitrogens with one attached hydrogen (secondary N) is 2. The summed E-state index contributed by atoms with van der Waals surface area (Å²) in [6.45, 7) is 7.39. The third-order valence-electron chi connectivity index (χ3n) is 3.85. The van der Waals surface area contributed by atoms with Crippen molar-refractivity contribution < 1.29 is 14.3 Å². The average molecular weight is 284 g/mol. The fourth-order valence-corrected chi connectivity index (χ4v) is 2.94. The Bertz CT molecular complexity index is 322. The molecule has 1 saturated heterocycles. The van der Waals surface area contributed by atoms with Crippen LogP contribution in [0.3, 0.4) is 0 Å². The molecule has 2 fully saturated rings. The van der Waals surface area contributed by atoms with Crippen molar-refractivity contribution in [2.75, 3.05) is 13.2 Å². The van der Waals surface area contributed by atoms with Crippen LogP contribution in [0.2, 0.25) is 0 Å². The monoisotopic (exact) mass is 284 g/mol. The average Bonchev–Trinajstić information content (AvgIpc) is 2.75. The number of carbonyl (C=O) groups excluding carboxylic acids is 1. The van der Waals surface area contributed by atoms with Gasteiger partial charge < -0.3 is 20.1 Å². The third-order valence-corrected chi connectivity index (χ3v) is 3.85. The lowest BCUT2D eigenvalue weighted by molar-refractivity contribution is 0.0504. The second-order valence-electron chi connectivity index (χ2n) is 6.91. The van der Waals surface area contributed by atoms with Crippen molar-refractivity contribution in [1.82, 2.24) is 10.6 Å². The largest absolute Gasteiger partial charge is 0.444 e. The molecule has 20 heavy (non-hydrogen) atoms. The molecule has 0 aromatic carbocycles. The number of amides is 1. The van der Waals surface area contributed by atoms with Crippen LogP contribution in [0.5, 0.6) is 0 Å². The molecular weight excluding hydrogens is 256 g/mol. The third kappa shape index (κ3) is 5.29. The maximum atomic E-state index is 11.7. The molecule has 1 saturated carbocycles. The zero-order valence-corrected chi connectivity index (χ0v) is 12.9. The minimum absolute atomic E-state index is 0.238. The summed E-state index contributed by atoms with van der Waals surface area (Å²) in [5, 5.41) is 6.67. The zero-order chi connectivity index (χ0) is 14.6. The molecule has 1 amide bonds. The van der Waals surface area contributed by atoms with E-state index in [0.717, 1.165) is 45.3 Å². The first kappa shape index (κ1) is 15.6. The maximum absolute atomic E-state index is 11.7. The van der Waals surface area contributed by atoms with Gasteiger partial charge in [-0.05, 0) is 52.9 Å². The Morgan fingerprint density at radius 3 is 2.35 bits per heavy atom. The van der Waals surface area contributed by atoms with E-state index < -0.39 is 5.60 Å². The number of alkyl carbamates (subject to hydrolysis) is 1. The van der Waals surface area contributed by atoms with Crippen molar-refractivity contribution in [3.8, 4) is 0 Å². The minimum Gasteiger partial charge on any atom is -0.444 e. The molecular formula is C15H28N2O3. The summed E-state index contributed by atoms with van der Waals surface area (Å²) in [6.07, 6.45) is 5.05. The predicted molar refractivity (Wildman–Crippen MR) is 77.8 cm³/mol. The van der Waals surface area contributed by atoms with Crippen LogP contribution in [0, 0.1) is 0 Å². The van der Waals surface area contributed by atoms with E-state index in [2.05, 4.69) is 10.6 Å². The van der Waals surface area contributed by atoms with Gasteiger partial charge in [0.15, 0.2) is 0 Å². The van der Waals surface area contributed by atoms with Crippen molar-refractivity contribution in [3.63, 3.8) is 0 Å². The molecule has 0 aromatic rings. The molecule has 2 unspecified atom stereocenters. The maximum Gasteiger partial charge on any atom is 0.407 e. The van der Waals surface area contributed by atoms with Crippen LogP contribution < -0.4 is 10.6 Å². The molecule has 2 rings (SSSR count). The van der Waals surface area contributed by atoms with E-state index in [1.807, 2.05) is 20.8 Å². The molecule has 0 aromatic heterocycles. The first-order valence-electron chi connectivity index (χ1n) is 7.76. The van der Waals surface area contributed by atoms with E-state index in [9.17, 15) is 4.79 Å². The highest BCUT2D eigenvalue weighted by Gasteiger charge is 2.29. The van der Waals surface area contributed by atoms with E-state index in [0.29, 0.717) is 12.1 Å². The van der Waals surface area contributed by atoms with Gasteiger partial charge in [-0.25, -0.2) is 4.79 Å². The van der Waals surface area contributed by atoms with E-state index in [1.165, 1.54) is 0 Å². The smallest absolute Gasteiger partial charge is 0.407 e. The summed E-state index contributed by atoms with van der Waals surface area (Å²) in [5.74, 6) is 0. The van der Waals surface area contributed by atoms with Crippen LogP contribution in [-0.2, 0) is 9.47 Å². The number of hydrogen-bond acceptors (Lipinski definition) is 4. The number of hydrogen-bond donors (Lipinski definition) is 2.